The van der Waals surface area contributed by atoms with Gasteiger partial charge in [0.25, 0.3) is 5.91 Å². The van der Waals surface area contributed by atoms with Gasteiger partial charge in [0, 0.05) is 11.6 Å². The number of primary amides is 1. The molecule has 0 saturated carbocycles. The van der Waals surface area contributed by atoms with E-state index in [4.69, 9.17) is 5.73 Å². The van der Waals surface area contributed by atoms with E-state index in [0.29, 0.717) is 5.39 Å². The molecule has 60 valence electrons. The zero-order valence-electron chi connectivity index (χ0n) is 6.11. The minimum atomic E-state index is -0.562. The van der Waals surface area contributed by atoms with Crippen molar-refractivity contribution < 1.29 is 4.79 Å². The molecule has 5 heteroatoms. The van der Waals surface area contributed by atoms with Gasteiger partial charge in [0.1, 0.15) is 0 Å². The van der Waals surface area contributed by atoms with Gasteiger partial charge in [0.05, 0.1) is 11.7 Å². The molecular formula is C7H6N4O. The van der Waals surface area contributed by atoms with Gasteiger partial charge in [-0.2, -0.15) is 5.10 Å². The number of carbonyl (C=O) groups is 1. The molecular weight excluding hydrogens is 156 g/mol. The summed E-state index contributed by atoms with van der Waals surface area (Å²) >= 11 is 0. The maximum absolute atomic E-state index is 10.8. The van der Waals surface area contributed by atoms with Crippen molar-refractivity contribution in [2.45, 2.75) is 0 Å². The molecule has 0 saturated heterocycles. The Morgan fingerprint density at radius 2 is 2.42 bits per heavy atom. The van der Waals surface area contributed by atoms with E-state index in [-0.39, 0.29) is 5.69 Å². The molecule has 0 aliphatic rings. The molecule has 0 unspecified atom stereocenters. The van der Waals surface area contributed by atoms with E-state index in [1.807, 2.05) is 0 Å². The van der Waals surface area contributed by atoms with Gasteiger partial charge in [0.2, 0.25) is 0 Å². The molecule has 0 spiro atoms. The number of carbonyl (C=O) groups excluding carboxylic acids is 1. The fourth-order valence-corrected chi connectivity index (χ4v) is 1.08. The standard InChI is InChI=1S/C7H6N4O/c8-7(12)6-4-1-2-9-5(4)3-10-11-6/h1-3,9H,(H2,8,12). The second-order valence-corrected chi connectivity index (χ2v) is 2.36. The summed E-state index contributed by atoms with van der Waals surface area (Å²) in [6.45, 7) is 0. The van der Waals surface area contributed by atoms with Crippen molar-refractivity contribution in [1.29, 1.82) is 0 Å². The average Bonchev–Trinajstić information content (AvgIpc) is 2.49. The summed E-state index contributed by atoms with van der Waals surface area (Å²) in [5, 5.41) is 7.96. The summed E-state index contributed by atoms with van der Waals surface area (Å²) in [7, 11) is 0. The van der Waals surface area contributed by atoms with Crippen molar-refractivity contribution in [3.05, 3.63) is 24.2 Å². The normalized spacial score (nSPS) is 10.3. The Balaban J connectivity index is 2.82. The summed E-state index contributed by atoms with van der Waals surface area (Å²) in [5.74, 6) is -0.562. The van der Waals surface area contributed by atoms with Gasteiger partial charge in [-0.15, -0.1) is 5.10 Å². The van der Waals surface area contributed by atoms with Gasteiger partial charge >= 0.3 is 0 Å². The molecule has 0 bridgehead atoms. The van der Waals surface area contributed by atoms with E-state index in [1.54, 1.807) is 18.5 Å². The second kappa shape index (κ2) is 2.30. The van der Waals surface area contributed by atoms with Crippen LogP contribution in [0.1, 0.15) is 10.5 Å². The van der Waals surface area contributed by atoms with Crippen LogP contribution in [-0.4, -0.2) is 21.1 Å². The van der Waals surface area contributed by atoms with Crippen LogP contribution in [0.15, 0.2) is 18.5 Å². The SMILES string of the molecule is NC(=O)c1nncc2[nH]ccc12. The van der Waals surface area contributed by atoms with Crippen molar-refractivity contribution in [2.75, 3.05) is 0 Å². The number of nitrogens with zero attached hydrogens (tertiary/aromatic N) is 2. The predicted molar refractivity (Wildman–Crippen MR) is 42.4 cm³/mol. The number of amides is 1. The molecule has 2 heterocycles. The van der Waals surface area contributed by atoms with Crippen molar-refractivity contribution >= 4 is 16.8 Å². The molecule has 1 amide bonds. The number of aromatic nitrogens is 3. The molecule has 2 aromatic rings. The van der Waals surface area contributed by atoms with Crippen molar-refractivity contribution in [3.8, 4) is 0 Å². The van der Waals surface area contributed by atoms with Crippen molar-refractivity contribution in [1.82, 2.24) is 15.2 Å². The van der Waals surface area contributed by atoms with Gasteiger partial charge in [-0.05, 0) is 6.07 Å². The number of hydrogen-bond donors (Lipinski definition) is 2. The first kappa shape index (κ1) is 6.78. The summed E-state index contributed by atoms with van der Waals surface area (Å²) in [5.41, 5.74) is 6.05. The quantitative estimate of drug-likeness (QED) is 0.621. The topological polar surface area (TPSA) is 84.7 Å². The maximum atomic E-state index is 10.8. The third kappa shape index (κ3) is 0.833. The number of nitrogens with two attached hydrogens (primary N) is 1. The van der Waals surface area contributed by atoms with Gasteiger partial charge < -0.3 is 10.7 Å². The summed E-state index contributed by atoms with van der Waals surface area (Å²) in [6.07, 6.45) is 3.25. The fraction of sp³-hybridized carbons (Fsp3) is 0. The number of H-pyrrole nitrogens is 1. The van der Waals surface area contributed by atoms with E-state index >= 15 is 0 Å². The van der Waals surface area contributed by atoms with Crippen molar-refractivity contribution in [3.63, 3.8) is 0 Å². The lowest BCUT2D eigenvalue weighted by molar-refractivity contribution is 0.0996. The molecule has 0 aliphatic carbocycles. The number of rotatable bonds is 1. The monoisotopic (exact) mass is 162 g/mol. The summed E-state index contributed by atoms with van der Waals surface area (Å²) in [4.78, 5) is 13.7. The van der Waals surface area contributed by atoms with Crippen LogP contribution in [0.25, 0.3) is 10.9 Å². The number of aromatic amines is 1. The third-order valence-electron chi connectivity index (χ3n) is 1.61. The van der Waals surface area contributed by atoms with Crippen molar-refractivity contribution in [2.24, 2.45) is 5.73 Å². The molecule has 0 aliphatic heterocycles. The second-order valence-electron chi connectivity index (χ2n) is 2.36. The minimum absolute atomic E-state index is 0.203. The Hall–Kier alpha value is -1.91. The highest BCUT2D eigenvalue weighted by molar-refractivity contribution is 6.03. The Kier molecular flexibility index (Phi) is 1.30. The first-order valence-corrected chi connectivity index (χ1v) is 3.37. The lowest BCUT2D eigenvalue weighted by atomic mass is 10.2. The smallest absolute Gasteiger partial charge is 0.269 e. The summed E-state index contributed by atoms with van der Waals surface area (Å²) < 4.78 is 0. The van der Waals surface area contributed by atoms with Crippen LogP contribution in [0.4, 0.5) is 0 Å². The molecule has 5 nitrogen and oxygen atoms in total. The molecule has 12 heavy (non-hydrogen) atoms. The van der Waals surface area contributed by atoms with Crippen LogP contribution in [0.3, 0.4) is 0 Å². The van der Waals surface area contributed by atoms with E-state index in [2.05, 4.69) is 15.2 Å². The Bertz CT molecular complexity index is 434. The minimum Gasteiger partial charge on any atom is -0.364 e. The van der Waals surface area contributed by atoms with Gasteiger partial charge in [0.15, 0.2) is 5.69 Å². The molecule has 2 rings (SSSR count). The third-order valence-corrected chi connectivity index (χ3v) is 1.61. The van der Waals surface area contributed by atoms with Crippen LogP contribution in [0.2, 0.25) is 0 Å². The van der Waals surface area contributed by atoms with Gasteiger partial charge in [-0.25, -0.2) is 0 Å². The average molecular weight is 162 g/mol. The fourth-order valence-electron chi connectivity index (χ4n) is 1.08. The summed E-state index contributed by atoms with van der Waals surface area (Å²) in [6, 6.07) is 1.74. The highest BCUT2D eigenvalue weighted by Crippen LogP contribution is 2.12. The van der Waals surface area contributed by atoms with Gasteiger partial charge in [-0.3, -0.25) is 4.79 Å². The molecule has 0 aromatic carbocycles. The zero-order chi connectivity index (χ0) is 8.55. The van der Waals surface area contributed by atoms with E-state index in [1.165, 1.54) is 0 Å². The maximum Gasteiger partial charge on any atom is 0.269 e. The van der Waals surface area contributed by atoms with Crippen LogP contribution in [0, 0.1) is 0 Å². The first-order valence-electron chi connectivity index (χ1n) is 3.37. The number of fused-ring (bicyclic) bond motifs is 1. The van der Waals surface area contributed by atoms with Crippen LogP contribution in [0.5, 0.6) is 0 Å². The first-order chi connectivity index (χ1) is 5.79. The molecule has 0 atom stereocenters. The molecule has 0 fully saturated rings. The number of nitrogens with one attached hydrogen (secondary N) is 1. The Morgan fingerprint density at radius 3 is 3.17 bits per heavy atom. The van der Waals surface area contributed by atoms with Crippen LogP contribution in [-0.2, 0) is 0 Å². The lowest BCUT2D eigenvalue weighted by Crippen LogP contribution is -2.13. The zero-order valence-corrected chi connectivity index (χ0v) is 6.11. The largest absolute Gasteiger partial charge is 0.364 e. The predicted octanol–water partition coefficient (Wildman–Crippen LogP) is 0.0568. The Labute approximate surface area is 67.6 Å². The number of hydrogen-bond acceptors (Lipinski definition) is 3. The highest BCUT2D eigenvalue weighted by Gasteiger charge is 2.08. The van der Waals surface area contributed by atoms with Gasteiger partial charge in [-0.1, -0.05) is 0 Å². The Morgan fingerprint density at radius 1 is 1.58 bits per heavy atom. The highest BCUT2D eigenvalue weighted by atomic mass is 16.1. The molecule has 0 radical (unpaired) electrons. The van der Waals surface area contributed by atoms with E-state index in [9.17, 15) is 4.79 Å². The van der Waals surface area contributed by atoms with Crippen LogP contribution >= 0.6 is 0 Å². The molecule has 3 N–H and O–H groups in total. The van der Waals surface area contributed by atoms with Crippen LogP contribution < -0.4 is 5.73 Å². The van der Waals surface area contributed by atoms with E-state index < -0.39 is 5.91 Å². The lowest BCUT2D eigenvalue weighted by Gasteiger charge is -1.93. The molecule has 2 aromatic heterocycles. The van der Waals surface area contributed by atoms with E-state index in [0.717, 1.165) is 5.52 Å².